The van der Waals surface area contributed by atoms with Crippen LogP contribution in [0, 0.1) is 0 Å². The Bertz CT molecular complexity index is 792. The summed E-state index contributed by atoms with van der Waals surface area (Å²) in [5.74, 6) is -0.699. The molecule has 0 bridgehead atoms. The van der Waals surface area contributed by atoms with E-state index in [-0.39, 0.29) is 18.2 Å². The van der Waals surface area contributed by atoms with Crippen LogP contribution in [0.4, 0.5) is 0 Å². The number of aromatic nitrogens is 1. The van der Waals surface area contributed by atoms with Crippen LogP contribution in [0.5, 0.6) is 0 Å². The third-order valence-corrected chi connectivity index (χ3v) is 4.23. The highest BCUT2D eigenvalue weighted by atomic mass is 16.4. The molecule has 1 aliphatic rings. The van der Waals surface area contributed by atoms with Crippen molar-refractivity contribution in [2.24, 2.45) is 0 Å². The average Bonchev–Trinajstić information content (AvgIpc) is 2.74. The molecule has 1 aromatic carbocycles. The Morgan fingerprint density at radius 1 is 1.29 bits per heavy atom. The van der Waals surface area contributed by atoms with Crippen LogP contribution in [-0.2, 0) is 16.1 Å². The quantitative estimate of drug-likeness (QED) is 0.860. The molecular weight excluding hydrogens is 310 g/mol. The standard InChI is InChI=1S/C17H21N3O4/c21-15(19-12-6-3-4-10-18-16(12)22)9-5-11-20-13-7-1-2-8-14(13)24-17(20)23/h1-2,7-8,12H,3-6,9-11H2,(H,18,22)(H,19,21). The number of benzene rings is 1. The zero-order chi connectivity index (χ0) is 16.9. The molecule has 2 amide bonds. The summed E-state index contributed by atoms with van der Waals surface area (Å²) in [6, 6.07) is 6.75. The van der Waals surface area contributed by atoms with Crippen LogP contribution < -0.4 is 16.4 Å². The van der Waals surface area contributed by atoms with Crippen LogP contribution in [0.25, 0.3) is 11.1 Å². The fraction of sp³-hybridized carbons (Fsp3) is 0.471. The topological polar surface area (TPSA) is 93.3 Å². The molecule has 7 heteroatoms. The van der Waals surface area contributed by atoms with E-state index >= 15 is 0 Å². The minimum atomic E-state index is -0.447. The van der Waals surface area contributed by atoms with Gasteiger partial charge in [-0.1, -0.05) is 12.1 Å². The zero-order valence-corrected chi connectivity index (χ0v) is 13.4. The number of nitrogens with one attached hydrogen (secondary N) is 2. The van der Waals surface area contributed by atoms with Crippen molar-refractivity contribution in [3.63, 3.8) is 0 Å². The molecule has 7 nitrogen and oxygen atoms in total. The third kappa shape index (κ3) is 3.67. The summed E-state index contributed by atoms with van der Waals surface area (Å²) < 4.78 is 6.69. The highest BCUT2D eigenvalue weighted by molar-refractivity contribution is 5.87. The van der Waals surface area contributed by atoms with Gasteiger partial charge in [0.05, 0.1) is 5.52 Å². The van der Waals surface area contributed by atoms with Gasteiger partial charge in [0.15, 0.2) is 5.58 Å². The van der Waals surface area contributed by atoms with Crippen LogP contribution in [0.1, 0.15) is 32.1 Å². The maximum absolute atomic E-state index is 12.0. The van der Waals surface area contributed by atoms with Gasteiger partial charge in [-0.3, -0.25) is 14.2 Å². The Hall–Kier alpha value is -2.57. The van der Waals surface area contributed by atoms with E-state index in [9.17, 15) is 14.4 Å². The molecule has 1 saturated heterocycles. The van der Waals surface area contributed by atoms with Crippen LogP contribution in [0.15, 0.2) is 33.5 Å². The van der Waals surface area contributed by atoms with Crippen molar-refractivity contribution >= 4 is 22.9 Å². The Labute approximate surface area is 139 Å². The number of carbonyl (C=O) groups excluding carboxylic acids is 2. The van der Waals surface area contributed by atoms with Crippen molar-refractivity contribution in [3.05, 3.63) is 34.8 Å². The van der Waals surface area contributed by atoms with Gasteiger partial charge in [0.2, 0.25) is 11.8 Å². The second-order valence-corrected chi connectivity index (χ2v) is 6.00. The number of aryl methyl sites for hydroxylation is 1. The van der Waals surface area contributed by atoms with Gasteiger partial charge < -0.3 is 15.1 Å². The first-order valence-corrected chi connectivity index (χ1v) is 8.30. The number of hydrogen-bond donors (Lipinski definition) is 2. The highest BCUT2D eigenvalue weighted by Gasteiger charge is 2.22. The van der Waals surface area contributed by atoms with E-state index in [1.165, 1.54) is 4.57 Å². The maximum Gasteiger partial charge on any atom is 0.419 e. The Morgan fingerprint density at radius 2 is 2.12 bits per heavy atom. The predicted molar refractivity (Wildman–Crippen MR) is 88.5 cm³/mol. The molecule has 1 aromatic heterocycles. The number of para-hydroxylation sites is 2. The molecule has 1 fully saturated rings. The molecule has 1 unspecified atom stereocenters. The number of oxazole rings is 1. The summed E-state index contributed by atoms with van der Waals surface area (Å²) >= 11 is 0. The van der Waals surface area contributed by atoms with E-state index in [4.69, 9.17) is 4.42 Å². The third-order valence-electron chi connectivity index (χ3n) is 4.23. The molecule has 0 saturated carbocycles. The first-order chi connectivity index (χ1) is 11.6. The van der Waals surface area contributed by atoms with E-state index in [1.807, 2.05) is 12.1 Å². The maximum atomic E-state index is 12.0. The Kier molecular flexibility index (Phi) is 4.98. The van der Waals surface area contributed by atoms with Crippen LogP contribution in [0.2, 0.25) is 0 Å². The fourth-order valence-corrected chi connectivity index (χ4v) is 2.97. The lowest BCUT2D eigenvalue weighted by Gasteiger charge is -2.15. The number of carbonyl (C=O) groups is 2. The molecule has 2 N–H and O–H groups in total. The molecule has 2 aromatic rings. The summed E-state index contributed by atoms with van der Waals surface area (Å²) in [6.07, 6.45) is 3.29. The van der Waals surface area contributed by atoms with Crippen LogP contribution in [-0.4, -0.2) is 29.0 Å². The SMILES string of the molecule is O=C(CCCn1c(=O)oc2ccccc21)NC1CCCCNC1=O. The molecule has 2 heterocycles. The van der Waals surface area contributed by atoms with Crippen molar-refractivity contribution in [2.75, 3.05) is 6.54 Å². The molecule has 1 aliphatic heterocycles. The lowest BCUT2D eigenvalue weighted by atomic mass is 10.1. The molecule has 0 aliphatic carbocycles. The zero-order valence-electron chi connectivity index (χ0n) is 13.4. The van der Waals surface area contributed by atoms with Gasteiger partial charge in [-0.2, -0.15) is 0 Å². The Balaban J connectivity index is 1.54. The van der Waals surface area contributed by atoms with Crippen LogP contribution >= 0.6 is 0 Å². The van der Waals surface area contributed by atoms with E-state index in [0.29, 0.717) is 31.5 Å². The van der Waals surface area contributed by atoms with Gasteiger partial charge >= 0.3 is 5.76 Å². The number of fused-ring (bicyclic) bond motifs is 1. The summed E-state index contributed by atoms with van der Waals surface area (Å²) in [6.45, 7) is 1.07. The second kappa shape index (κ2) is 7.33. The highest BCUT2D eigenvalue weighted by Crippen LogP contribution is 2.12. The van der Waals surface area contributed by atoms with Crippen LogP contribution in [0.3, 0.4) is 0 Å². The van der Waals surface area contributed by atoms with Gasteiger partial charge in [-0.25, -0.2) is 4.79 Å². The molecule has 24 heavy (non-hydrogen) atoms. The summed E-state index contributed by atoms with van der Waals surface area (Å²) in [5, 5.41) is 5.57. The lowest BCUT2D eigenvalue weighted by molar-refractivity contribution is -0.128. The van der Waals surface area contributed by atoms with E-state index < -0.39 is 11.8 Å². The number of rotatable bonds is 5. The van der Waals surface area contributed by atoms with Gasteiger partial charge in [0, 0.05) is 19.5 Å². The van der Waals surface area contributed by atoms with Crippen molar-refractivity contribution in [1.29, 1.82) is 0 Å². The summed E-state index contributed by atoms with van der Waals surface area (Å²) in [4.78, 5) is 35.7. The number of nitrogens with zero attached hydrogens (tertiary/aromatic N) is 1. The normalized spacial score (nSPS) is 18.2. The molecule has 0 spiro atoms. The summed E-state index contributed by atoms with van der Waals surface area (Å²) in [7, 11) is 0. The largest absolute Gasteiger partial charge is 0.419 e. The first-order valence-electron chi connectivity index (χ1n) is 8.30. The van der Waals surface area contributed by atoms with E-state index in [2.05, 4.69) is 10.6 Å². The average molecular weight is 331 g/mol. The first kappa shape index (κ1) is 16.3. The molecule has 0 radical (unpaired) electrons. The van der Waals surface area contributed by atoms with Gasteiger partial charge in [0.25, 0.3) is 0 Å². The smallest absolute Gasteiger partial charge is 0.408 e. The van der Waals surface area contributed by atoms with E-state index in [0.717, 1.165) is 18.4 Å². The molecule has 3 rings (SSSR count). The fourth-order valence-electron chi connectivity index (χ4n) is 2.97. The molecule has 1 atom stereocenters. The minimum absolute atomic E-state index is 0.113. The lowest BCUT2D eigenvalue weighted by Crippen LogP contribution is -2.45. The van der Waals surface area contributed by atoms with Crippen molar-refractivity contribution in [3.8, 4) is 0 Å². The van der Waals surface area contributed by atoms with Crippen molar-refractivity contribution in [2.45, 2.75) is 44.7 Å². The minimum Gasteiger partial charge on any atom is -0.408 e. The monoisotopic (exact) mass is 331 g/mol. The summed E-state index contributed by atoms with van der Waals surface area (Å²) in [5.41, 5.74) is 1.27. The van der Waals surface area contributed by atoms with Crippen molar-refractivity contribution < 1.29 is 14.0 Å². The molecular formula is C17H21N3O4. The Morgan fingerprint density at radius 3 is 3.00 bits per heavy atom. The number of hydrogen-bond acceptors (Lipinski definition) is 4. The second-order valence-electron chi connectivity index (χ2n) is 6.00. The molecule has 128 valence electrons. The number of amides is 2. The van der Waals surface area contributed by atoms with E-state index in [1.54, 1.807) is 12.1 Å². The van der Waals surface area contributed by atoms with Gasteiger partial charge in [0.1, 0.15) is 6.04 Å². The van der Waals surface area contributed by atoms with Gasteiger partial charge in [-0.05, 0) is 37.8 Å². The van der Waals surface area contributed by atoms with Crippen molar-refractivity contribution in [1.82, 2.24) is 15.2 Å². The van der Waals surface area contributed by atoms with Gasteiger partial charge in [-0.15, -0.1) is 0 Å². The predicted octanol–water partition coefficient (Wildman–Crippen LogP) is 1.16.